The summed E-state index contributed by atoms with van der Waals surface area (Å²) in [6, 6.07) is 11.8. The van der Waals surface area contributed by atoms with Gasteiger partial charge in [0.2, 0.25) is 0 Å². The molecule has 0 saturated carbocycles. The lowest BCUT2D eigenvalue weighted by Crippen LogP contribution is -2.43. The number of sulfonamides is 1. The van der Waals surface area contributed by atoms with Crippen LogP contribution in [0.1, 0.15) is 0 Å². The maximum atomic E-state index is 12.7. The minimum absolute atomic E-state index is 0.0390. The highest BCUT2D eigenvalue weighted by Crippen LogP contribution is 2.35. The highest BCUT2D eigenvalue weighted by Gasteiger charge is 2.27. The average molecular weight is 397 g/mol. The molecule has 1 aliphatic heterocycles. The van der Waals surface area contributed by atoms with Gasteiger partial charge in [-0.25, -0.2) is 0 Å². The van der Waals surface area contributed by atoms with E-state index in [-0.39, 0.29) is 16.3 Å². The van der Waals surface area contributed by atoms with Crippen molar-refractivity contribution in [2.45, 2.75) is 4.90 Å². The zero-order chi connectivity index (χ0) is 18.7. The van der Waals surface area contributed by atoms with Gasteiger partial charge in [-0.2, -0.15) is 12.2 Å². The third-order valence-electron chi connectivity index (χ3n) is 4.07. The van der Waals surface area contributed by atoms with E-state index in [4.69, 9.17) is 11.8 Å². The molecule has 1 N–H and O–H groups in total. The number of hydrogen-bond donors (Lipinski definition) is 1. The summed E-state index contributed by atoms with van der Waals surface area (Å²) in [5, 5.41) is 14.5. The Balaban J connectivity index is 2.01. The van der Waals surface area contributed by atoms with Crippen LogP contribution in [-0.2, 0) is 10.0 Å². The van der Waals surface area contributed by atoms with Crippen LogP contribution >= 0.6 is 11.8 Å². The molecule has 138 valence electrons. The van der Waals surface area contributed by atoms with Crippen molar-refractivity contribution in [3.63, 3.8) is 0 Å². The van der Waals surface area contributed by atoms with Crippen LogP contribution in [0.5, 0.6) is 0 Å². The van der Waals surface area contributed by atoms with Crippen LogP contribution in [0, 0.1) is 10.1 Å². The quantitative estimate of drug-likeness (QED) is 0.473. The summed E-state index contributed by atoms with van der Waals surface area (Å²) >= 11 is 6.12. The number of nitro groups is 1. The summed E-state index contributed by atoms with van der Waals surface area (Å²) in [6.07, 6.45) is 0. The monoisotopic (exact) mass is 396 g/mol. The van der Waals surface area contributed by atoms with Crippen molar-refractivity contribution in [2.75, 3.05) is 34.9 Å². The number of rotatable bonds is 5. The van der Waals surface area contributed by atoms with Crippen LogP contribution in [0.4, 0.5) is 17.1 Å². The Kier molecular flexibility index (Phi) is 5.30. The number of benzene rings is 2. The number of nitro benzene ring substituents is 1. The van der Waals surface area contributed by atoms with Gasteiger partial charge in [0.15, 0.2) is 0 Å². The molecule has 2 aromatic carbocycles. The molecule has 0 unspecified atom stereocenters. The van der Waals surface area contributed by atoms with E-state index >= 15 is 0 Å². The molecule has 0 aromatic heterocycles. The molecule has 0 atom stereocenters. The van der Waals surface area contributed by atoms with E-state index in [1.807, 2.05) is 4.90 Å². The standard InChI is InChI=1S/C16H17ClN4O4S/c17-20(26(24,25)14-4-2-1-3-5-14)13-6-7-15(21(22)23)16(12-13)19-10-8-18-9-11-19/h1-7,12,18H,8-11H2. The van der Waals surface area contributed by atoms with Gasteiger partial charge in [0.05, 0.1) is 15.5 Å². The largest absolute Gasteiger partial charge is 0.363 e. The molecule has 26 heavy (non-hydrogen) atoms. The number of halogens is 1. The van der Waals surface area contributed by atoms with Crippen LogP contribution in [-0.4, -0.2) is 39.5 Å². The molecule has 1 fully saturated rings. The lowest BCUT2D eigenvalue weighted by Gasteiger charge is -2.29. The molecule has 0 aliphatic carbocycles. The zero-order valence-electron chi connectivity index (χ0n) is 13.7. The fraction of sp³-hybridized carbons (Fsp3) is 0.250. The van der Waals surface area contributed by atoms with E-state index in [1.54, 1.807) is 18.2 Å². The molecule has 0 radical (unpaired) electrons. The van der Waals surface area contributed by atoms with E-state index in [9.17, 15) is 18.5 Å². The van der Waals surface area contributed by atoms with Gasteiger partial charge in [-0.05, 0) is 24.3 Å². The number of nitrogens with zero attached hydrogens (tertiary/aromatic N) is 3. The van der Waals surface area contributed by atoms with E-state index in [2.05, 4.69) is 5.32 Å². The van der Waals surface area contributed by atoms with Crippen molar-refractivity contribution in [3.8, 4) is 0 Å². The Labute approximate surface area is 156 Å². The van der Waals surface area contributed by atoms with E-state index < -0.39 is 14.9 Å². The SMILES string of the molecule is O=[N+]([O-])c1ccc(N(Cl)S(=O)(=O)c2ccccc2)cc1N1CCNCC1. The van der Waals surface area contributed by atoms with Crippen molar-refractivity contribution in [3.05, 3.63) is 58.6 Å². The second kappa shape index (κ2) is 7.48. The zero-order valence-corrected chi connectivity index (χ0v) is 15.3. The molecule has 0 bridgehead atoms. The van der Waals surface area contributed by atoms with Crippen LogP contribution in [0.15, 0.2) is 53.4 Å². The Hall–Kier alpha value is -2.36. The highest BCUT2D eigenvalue weighted by molar-refractivity contribution is 7.94. The Morgan fingerprint density at radius 2 is 1.77 bits per heavy atom. The summed E-state index contributed by atoms with van der Waals surface area (Å²) in [6.45, 7) is 2.54. The Morgan fingerprint density at radius 3 is 2.38 bits per heavy atom. The van der Waals surface area contributed by atoms with Gasteiger partial charge in [0.25, 0.3) is 15.7 Å². The highest BCUT2D eigenvalue weighted by atomic mass is 35.5. The first-order chi connectivity index (χ1) is 12.4. The van der Waals surface area contributed by atoms with Gasteiger partial charge in [-0.15, -0.1) is 0 Å². The predicted octanol–water partition coefficient (Wildman–Crippen LogP) is 2.35. The molecule has 0 spiro atoms. The molecule has 8 nitrogen and oxygen atoms in total. The van der Waals surface area contributed by atoms with E-state index in [0.717, 1.165) is 0 Å². The molecule has 1 saturated heterocycles. The number of piperazine rings is 1. The summed E-state index contributed by atoms with van der Waals surface area (Å²) < 4.78 is 26.0. The molecule has 2 aromatic rings. The summed E-state index contributed by atoms with van der Waals surface area (Å²) in [4.78, 5) is 12.8. The lowest BCUT2D eigenvalue weighted by atomic mass is 10.2. The second-order valence-electron chi connectivity index (χ2n) is 5.70. The fourth-order valence-corrected chi connectivity index (χ4v) is 4.18. The van der Waals surface area contributed by atoms with Gasteiger partial charge in [0.1, 0.15) is 5.69 Å². The topological polar surface area (TPSA) is 95.8 Å². The van der Waals surface area contributed by atoms with Crippen LogP contribution in [0.2, 0.25) is 0 Å². The average Bonchev–Trinajstić information content (AvgIpc) is 2.68. The molecule has 0 amide bonds. The Bertz CT molecular complexity index is 902. The summed E-state index contributed by atoms with van der Waals surface area (Å²) in [7, 11) is -3.97. The Morgan fingerprint density at radius 1 is 1.12 bits per heavy atom. The van der Waals surface area contributed by atoms with Crippen LogP contribution < -0.4 is 14.0 Å². The van der Waals surface area contributed by atoms with Crippen molar-refractivity contribution in [2.24, 2.45) is 0 Å². The van der Waals surface area contributed by atoms with Crippen LogP contribution in [0.3, 0.4) is 0 Å². The smallest absolute Gasteiger partial charge is 0.292 e. The van der Waals surface area contributed by atoms with Gasteiger partial charge < -0.3 is 10.2 Å². The van der Waals surface area contributed by atoms with Crippen molar-refractivity contribution < 1.29 is 13.3 Å². The third kappa shape index (κ3) is 3.59. The lowest BCUT2D eigenvalue weighted by molar-refractivity contribution is -0.384. The number of hydrogen-bond acceptors (Lipinski definition) is 6. The minimum Gasteiger partial charge on any atom is -0.363 e. The molecule has 10 heteroatoms. The van der Waals surface area contributed by atoms with Gasteiger partial charge in [0, 0.05) is 44.0 Å². The molecule has 3 rings (SSSR count). The molecular formula is C16H17ClN4O4S. The third-order valence-corrected chi connectivity index (χ3v) is 6.31. The normalized spacial score (nSPS) is 14.9. The maximum Gasteiger partial charge on any atom is 0.292 e. The molecule has 1 aliphatic rings. The fourth-order valence-electron chi connectivity index (χ4n) is 2.76. The number of anilines is 2. The van der Waals surface area contributed by atoms with Crippen molar-refractivity contribution in [1.82, 2.24) is 5.32 Å². The summed E-state index contributed by atoms with van der Waals surface area (Å²) in [5.41, 5.74) is 0.412. The molecule has 1 heterocycles. The van der Waals surface area contributed by atoms with Crippen LogP contribution in [0.25, 0.3) is 0 Å². The van der Waals surface area contributed by atoms with Crippen molar-refractivity contribution in [1.29, 1.82) is 0 Å². The number of nitrogens with one attached hydrogen (secondary N) is 1. The first-order valence-corrected chi connectivity index (χ1v) is 9.69. The van der Waals surface area contributed by atoms with Gasteiger partial charge >= 0.3 is 0 Å². The minimum atomic E-state index is -3.97. The first kappa shape index (κ1) is 18.4. The van der Waals surface area contributed by atoms with E-state index in [1.165, 1.54) is 30.3 Å². The summed E-state index contributed by atoms with van der Waals surface area (Å²) in [5.74, 6) is 0. The molecular weight excluding hydrogens is 380 g/mol. The van der Waals surface area contributed by atoms with E-state index in [0.29, 0.717) is 35.7 Å². The second-order valence-corrected chi connectivity index (χ2v) is 8.03. The van der Waals surface area contributed by atoms with Crippen molar-refractivity contribution >= 4 is 38.9 Å². The maximum absolute atomic E-state index is 12.7. The predicted molar refractivity (Wildman–Crippen MR) is 100 cm³/mol. The van der Waals surface area contributed by atoms with Gasteiger partial charge in [-0.3, -0.25) is 10.1 Å². The first-order valence-electron chi connectivity index (χ1n) is 7.91. The van der Waals surface area contributed by atoms with Gasteiger partial charge in [-0.1, -0.05) is 18.2 Å².